The molecule has 1 N–H and O–H groups in total. The number of amides is 2. The molecule has 0 radical (unpaired) electrons. The zero-order valence-electron chi connectivity index (χ0n) is 16.3. The van der Waals surface area contributed by atoms with Crippen LogP contribution < -0.4 is 4.90 Å². The third-order valence-electron chi connectivity index (χ3n) is 4.63. The number of urea groups is 1. The molecule has 8 nitrogen and oxygen atoms in total. The van der Waals surface area contributed by atoms with E-state index in [1.807, 2.05) is 0 Å². The van der Waals surface area contributed by atoms with Crippen molar-refractivity contribution in [2.24, 2.45) is 0 Å². The van der Waals surface area contributed by atoms with Gasteiger partial charge < -0.3 is 10.0 Å². The highest BCUT2D eigenvalue weighted by Crippen LogP contribution is 2.39. The van der Waals surface area contributed by atoms with Gasteiger partial charge >= 0.3 is 12.2 Å². The number of sulfonamides is 1. The van der Waals surface area contributed by atoms with Gasteiger partial charge in [-0.05, 0) is 23.8 Å². The van der Waals surface area contributed by atoms with Crippen molar-refractivity contribution in [1.82, 2.24) is 14.2 Å². The highest BCUT2D eigenvalue weighted by atomic mass is 32.2. The Morgan fingerprint density at radius 2 is 1.90 bits per heavy atom. The second-order valence-corrected chi connectivity index (χ2v) is 9.07. The van der Waals surface area contributed by atoms with Crippen molar-refractivity contribution in [3.8, 4) is 11.1 Å². The molecule has 1 aliphatic rings. The molecule has 0 aliphatic carbocycles. The lowest BCUT2D eigenvalue weighted by Gasteiger charge is -2.21. The molecule has 3 rings (SSSR count). The number of hydrogen-bond donors (Lipinski definition) is 1. The van der Waals surface area contributed by atoms with Gasteiger partial charge in [-0.1, -0.05) is 12.1 Å². The number of aromatic nitrogens is 1. The van der Waals surface area contributed by atoms with Crippen LogP contribution in [0.2, 0.25) is 0 Å². The Balaban J connectivity index is 2.14. The van der Waals surface area contributed by atoms with Crippen LogP contribution in [0, 0.1) is 0 Å². The van der Waals surface area contributed by atoms with Gasteiger partial charge in [-0.3, -0.25) is 0 Å². The van der Waals surface area contributed by atoms with E-state index < -0.39 is 34.0 Å². The molecular weight excluding hydrogens is 425 g/mol. The first-order valence-corrected chi connectivity index (χ1v) is 10.1. The Hall–Kier alpha value is -2.70. The average Bonchev–Trinajstić information content (AvgIpc) is 2.92. The van der Waals surface area contributed by atoms with E-state index in [1.54, 1.807) is 0 Å². The van der Waals surface area contributed by atoms with Crippen molar-refractivity contribution in [3.63, 3.8) is 0 Å². The van der Waals surface area contributed by atoms with Crippen molar-refractivity contribution in [1.29, 1.82) is 0 Å². The Morgan fingerprint density at radius 1 is 1.23 bits per heavy atom. The Kier molecular flexibility index (Phi) is 5.52. The number of pyridine rings is 1. The summed E-state index contributed by atoms with van der Waals surface area (Å²) in [7, 11) is 0.175. The quantitative estimate of drug-likeness (QED) is 0.781. The third-order valence-corrected chi connectivity index (χ3v) is 6.44. The van der Waals surface area contributed by atoms with Crippen molar-refractivity contribution in [2.45, 2.75) is 17.3 Å². The fourth-order valence-corrected chi connectivity index (χ4v) is 3.99. The number of likely N-dealkylation sites (N-methyl/N-ethyl adjacent to an activating group) is 1. The molecule has 1 saturated heterocycles. The lowest BCUT2D eigenvalue weighted by atomic mass is 10.0. The van der Waals surface area contributed by atoms with Crippen LogP contribution in [0.3, 0.4) is 0 Å². The van der Waals surface area contributed by atoms with Crippen molar-refractivity contribution in [2.75, 3.05) is 32.6 Å². The molecule has 1 aliphatic heterocycles. The predicted molar refractivity (Wildman–Crippen MR) is 102 cm³/mol. The van der Waals surface area contributed by atoms with E-state index in [2.05, 4.69) is 4.98 Å². The van der Waals surface area contributed by atoms with Crippen LogP contribution >= 0.6 is 0 Å². The average molecular weight is 444 g/mol. The van der Waals surface area contributed by atoms with Crippen LogP contribution in [0.4, 0.5) is 23.8 Å². The molecule has 2 amide bonds. The number of benzene rings is 1. The predicted octanol–water partition coefficient (Wildman–Crippen LogP) is 2.21. The summed E-state index contributed by atoms with van der Waals surface area (Å²) < 4.78 is 67.0. The highest BCUT2D eigenvalue weighted by Gasteiger charge is 2.39. The van der Waals surface area contributed by atoms with Gasteiger partial charge in [-0.25, -0.2) is 27.4 Å². The summed E-state index contributed by atoms with van der Waals surface area (Å²) in [6.45, 7) is -0.0753. The van der Waals surface area contributed by atoms with E-state index in [0.717, 1.165) is 26.4 Å². The number of aliphatic hydroxyl groups excluding tert-OH is 1. The largest absolute Gasteiger partial charge is 0.417 e. The molecule has 1 aromatic carbocycles. The van der Waals surface area contributed by atoms with Crippen molar-refractivity contribution < 1.29 is 31.5 Å². The standard InChI is InChI=1S/C18H19F3N4O4S/c1-23(2)30(28,29)12-6-4-5-11(7-12)13-9-22-15(8-14(13)18(19,20)21)25-16(26)10-24(3)17(25)27/h4-9,16,26H,10H2,1-3H3. The molecule has 1 unspecified atom stereocenters. The maximum atomic E-state index is 13.8. The monoisotopic (exact) mass is 444 g/mol. The van der Waals surface area contributed by atoms with Crippen LogP contribution in [0.25, 0.3) is 11.1 Å². The van der Waals surface area contributed by atoms with Crippen LogP contribution in [0.15, 0.2) is 41.4 Å². The maximum Gasteiger partial charge on any atom is 0.417 e. The Bertz CT molecular complexity index is 1090. The van der Waals surface area contributed by atoms with E-state index >= 15 is 0 Å². The summed E-state index contributed by atoms with van der Waals surface area (Å²) in [5.74, 6) is -0.356. The molecule has 162 valence electrons. The number of nitrogens with zero attached hydrogens (tertiary/aromatic N) is 4. The summed E-state index contributed by atoms with van der Waals surface area (Å²) in [6, 6.07) is 5.07. The van der Waals surface area contributed by atoms with Gasteiger partial charge in [0.2, 0.25) is 10.0 Å². The third kappa shape index (κ3) is 3.85. The number of aliphatic hydroxyl groups is 1. The van der Waals surface area contributed by atoms with E-state index in [4.69, 9.17) is 0 Å². The smallest absolute Gasteiger partial charge is 0.371 e. The van der Waals surface area contributed by atoms with Crippen molar-refractivity contribution in [3.05, 3.63) is 42.1 Å². The number of rotatable bonds is 4. The molecule has 1 fully saturated rings. The number of hydrogen-bond acceptors (Lipinski definition) is 5. The number of halogens is 3. The summed E-state index contributed by atoms with van der Waals surface area (Å²) in [4.78, 5) is 17.8. The Morgan fingerprint density at radius 3 is 2.43 bits per heavy atom. The van der Waals surface area contributed by atoms with E-state index in [1.165, 1.54) is 39.3 Å². The minimum Gasteiger partial charge on any atom is -0.371 e. The van der Waals surface area contributed by atoms with Gasteiger partial charge in [0, 0.05) is 32.9 Å². The second kappa shape index (κ2) is 7.52. The van der Waals surface area contributed by atoms with E-state index in [9.17, 15) is 31.5 Å². The number of anilines is 1. The van der Waals surface area contributed by atoms with Crippen LogP contribution in [-0.2, 0) is 16.2 Å². The van der Waals surface area contributed by atoms with Crippen LogP contribution in [0.5, 0.6) is 0 Å². The van der Waals surface area contributed by atoms with E-state index in [0.29, 0.717) is 6.07 Å². The van der Waals surface area contributed by atoms with Crippen LogP contribution in [0.1, 0.15) is 5.56 Å². The first kappa shape index (κ1) is 22.0. The molecule has 0 saturated carbocycles. The molecule has 2 aromatic rings. The molecule has 0 spiro atoms. The zero-order chi connectivity index (χ0) is 22.4. The maximum absolute atomic E-state index is 13.8. The summed E-state index contributed by atoms with van der Waals surface area (Å²) in [5, 5.41) is 10.0. The lowest BCUT2D eigenvalue weighted by Crippen LogP contribution is -2.35. The molecule has 30 heavy (non-hydrogen) atoms. The topological polar surface area (TPSA) is 94.1 Å². The van der Waals surface area contributed by atoms with Gasteiger partial charge in [-0.2, -0.15) is 13.2 Å². The molecule has 12 heteroatoms. The molecule has 1 aromatic heterocycles. The fourth-order valence-electron chi connectivity index (χ4n) is 3.04. The summed E-state index contributed by atoms with van der Waals surface area (Å²) in [5.41, 5.74) is -1.47. The molecule has 2 heterocycles. The SMILES string of the molecule is CN1CC(O)N(c2cc(C(F)(F)F)c(-c3cccc(S(=O)(=O)N(C)C)c3)cn2)C1=O. The molecule has 1 atom stereocenters. The first-order valence-electron chi connectivity index (χ1n) is 8.66. The summed E-state index contributed by atoms with van der Waals surface area (Å²) >= 11 is 0. The van der Waals surface area contributed by atoms with Gasteiger partial charge in [0.05, 0.1) is 17.0 Å². The molecule has 0 bridgehead atoms. The van der Waals surface area contributed by atoms with Gasteiger partial charge in [0.1, 0.15) is 5.82 Å². The fraction of sp³-hybridized carbons (Fsp3) is 0.333. The normalized spacial score (nSPS) is 17.9. The number of β-amino-alcohol motifs (C(OH)–C–C–N with tert-alkyl or cyclic N) is 1. The van der Waals surface area contributed by atoms with Gasteiger partial charge in [-0.15, -0.1) is 0 Å². The first-order chi connectivity index (χ1) is 13.8. The number of carbonyl (C=O) groups excluding carboxylic acids is 1. The zero-order valence-corrected chi connectivity index (χ0v) is 17.1. The van der Waals surface area contributed by atoms with Gasteiger partial charge in [0.15, 0.2) is 6.23 Å². The highest BCUT2D eigenvalue weighted by molar-refractivity contribution is 7.89. The van der Waals surface area contributed by atoms with Crippen LogP contribution in [-0.4, -0.2) is 67.7 Å². The van der Waals surface area contributed by atoms with E-state index in [-0.39, 0.29) is 28.4 Å². The summed E-state index contributed by atoms with van der Waals surface area (Å²) in [6.07, 6.45) is -5.24. The minimum atomic E-state index is -4.82. The minimum absolute atomic E-state index is 0.00489. The lowest BCUT2D eigenvalue weighted by molar-refractivity contribution is -0.137. The van der Waals surface area contributed by atoms with Gasteiger partial charge in [0.25, 0.3) is 0 Å². The Labute approximate surface area is 171 Å². The number of carbonyl (C=O) groups is 1. The number of alkyl halides is 3. The molecular formula is C18H19F3N4O4S. The second-order valence-electron chi connectivity index (χ2n) is 6.91. The van der Waals surface area contributed by atoms with Crippen molar-refractivity contribution >= 4 is 21.9 Å².